The van der Waals surface area contributed by atoms with Crippen LogP contribution in [0.1, 0.15) is 200 Å². The van der Waals surface area contributed by atoms with Gasteiger partial charge >= 0.3 is 11.9 Å². The minimum Gasteiger partial charge on any atom is -0.544 e. The van der Waals surface area contributed by atoms with E-state index in [1.807, 2.05) is 0 Å². The number of carboxylic acid groups (broad SMARTS) is 1. The smallest absolute Gasteiger partial charge is 0.306 e. The number of allylic oxidation sites excluding steroid dienone is 8. The Labute approximate surface area is 356 Å². The standard InChI is InChI=1S/C50H89NO7/c1-6-8-10-12-14-16-18-19-20-21-22-23-24-25-26-27-28-29-31-32-34-36-38-40-48(52)57-45-46(44-56-43-42-47(50(54)55)51(3,4)5)58-49(53)41-39-37-35-33-30-17-15-13-11-9-7-2/h8,10,13-16,19-20,46-47H,6-7,9,11-12,17-18,21-45H2,1-5H3/b10-8+,15-13+,16-14+,20-19+. The number of esters is 2. The molecule has 8 heteroatoms. The molecule has 0 aliphatic rings. The van der Waals surface area contributed by atoms with Gasteiger partial charge in [-0.15, -0.1) is 0 Å². The van der Waals surface area contributed by atoms with Gasteiger partial charge in [-0.25, -0.2) is 0 Å². The van der Waals surface area contributed by atoms with E-state index < -0.39 is 18.1 Å². The molecule has 2 atom stereocenters. The van der Waals surface area contributed by atoms with Crippen molar-refractivity contribution in [2.24, 2.45) is 0 Å². The zero-order valence-corrected chi connectivity index (χ0v) is 38.2. The van der Waals surface area contributed by atoms with Crippen molar-refractivity contribution in [1.82, 2.24) is 0 Å². The monoisotopic (exact) mass is 816 g/mol. The quantitative estimate of drug-likeness (QED) is 0.0262. The number of carbonyl (C=O) groups is 3. The van der Waals surface area contributed by atoms with E-state index in [2.05, 4.69) is 62.5 Å². The van der Waals surface area contributed by atoms with Gasteiger partial charge in [0.25, 0.3) is 0 Å². The number of rotatable bonds is 42. The first-order valence-corrected chi connectivity index (χ1v) is 23.7. The van der Waals surface area contributed by atoms with Gasteiger partial charge in [0.1, 0.15) is 12.6 Å². The summed E-state index contributed by atoms with van der Waals surface area (Å²) in [5, 5.41) is 11.6. The van der Waals surface area contributed by atoms with Crippen molar-refractivity contribution in [2.75, 3.05) is 41.0 Å². The van der Waals surface area contributed by atoms with Crippen molar-refractivity contribution in [3.8, 4) is 0 Å². The van der Waals surface area contributed by atoms with Gasteiger partial charge in [-0.2, -0.15) is 0 Å². The molecule has 8 nitrogen and oxygen atoms in total. The average Bonchev–Trinajstić information content (AvgIpc) is 3.18. The molecule has 0 aromatic carbocycles. The normalized spacial score (nSPS) is 13.3. The minimum atomic E-state index is -1.13. The van der Waals surface area contributed by atoms with E-state index in [0.717, 1.165) is 77.0 Å². The summed E-state index contributed by atoms with van der Waals surface area (Å²) in [5.74, 6) is -1.75. The van der Waals surface area contributed by atoms with Gasteiger partial charge in [0.2, 0.25) is 0 Å². The molecule has 58 heavy (non-hydrogen) atoms. The third-order valence-electron chi connectivity index (χ3n) is 10.4. The Morgan fingerprint density at radius 2 is 0.966 bits per heavy atom. The highest BCUT2D eigenvalue weighted by molar-refractivity contribution is 5.70. The molecule has 0 aromatic heterocycles. The van der Waals surface area contributed by atoms with Gasteiger partial charge in [-0.3, -0.25) is 9.59 Å². The number of hydrogen-bond acceptors (Lipinski definition) is 7. The van der Waals surface area contributed by atoms with E-state index in [9.17, 15) is 19.5 Å². The summed E-state index contributed by atoms with van der Waals surface area (Å²) in [6.45, 7) is 4.51. The fourth-order valence-electron chi connectivity index (χ4n) is 6.77. The van der Waals surface area contributed by atoms with E-state index in [1.54, 1.807) is 21.1 Å². The fraction of sp³-hybridized carbons (Fsp3) is 0.780. The minimum absolute atomic E-state index is 0.0376. The first-order chi connectivity index (χ1) is 28.1. The van der Waals surface area contributed by atoms with Gasteiger partial charge in [0.05, 0.1) is 40.3 Å². The van der Waals surface area contributed by atoms with Crippen molar-refractivity contribution < 1.29 is 38.2 Å². The van der Waals surface area contributed by atoms with Crippen LogP contribution in [0, 0.1) is 0 Å². The number of hydrogen-bond donors (Lipinski definition) is 0. The summed E-state index contributed by atoms with van der Waals surface area (Å²) in [6, 6.07) is -0.726. The Kier molecular flexibility index (Phi) is 39.1. The molecule has 0 saturated heterocycles. The molecule has 0 radical (unpaired) electrons. The van der Waals surface area contributed by atoms with Gasteiger partial charge in [-0.05, 0) is 64.2 Å². The lowest BCUT2D eigenvalue weighted by Gasteiger charge is -2.34. The molecular formula is C50H89NO7. The molecular weight excluding hydrogens is 727 g/mol. The molecule has 336 valence electrons. The van der Waals surface area contributed by atoms with E-state index in [-0.39, 0.29) is 42.7 Å². The fourth-order valence-corrected chi connectivity index (χ4v) is 6.77. The average molecular weight is 816 g/mol. The Morgan fingerprint density at radius 3 is 1.45 bits per heavy atom. The van der Waals surface area contributed by atoms with Gasteiger partial charge < -0.3 is 28.6 Å². The van der Waals surface area contributed by atoms with Crippen LogP contribution < -0.4 is 5.11 Å². The van der Waals surface area contributed by atoms with Crippen LogP contribution in [0.5, 0.6) is 0 Å². The van der Waals surface area contributed by atoms with E-state index in [1.165, 1.54) is 89.9 Å². The number of ether oxygens (including phenoxy) is 3. The number of carboxylic acids is 1. The summed E-state index contributed by atoms with van der Waals surface area (Å²) in [4.78, 5) is 36.9. The Balaban J connectivity index is 4.17. The van der Waals surface area contributed by atoms with E-state index in [0.29, 0.717) is 12.8 Å². The van der Waals surface area contributed by atoms with Crippen molar-refractivity contribution in [3.63, 3.8) is 0 Å². The lowest BCUT2D eigenvalue weighted by atomic mass is 10.0. The van der Waals surface area contributed by atoms with Gasteiger partial charge in [0, 0.05) is 19.3 Å². The molecule has 0 heterocycles. The summed E-state index contributed by atoms with van der Waals surface area (Å²) in [6.07, 6.45) is 48.6. The Bertz CT molecular complexity index is 1090. The predicted octanol–water partition coefficient (Wildman–Crippen LogP) is 11.9. The molecule has 0 aliphatic carbocycles. The second kappa shape index (κ2) is 41.0. The molecule has 0 spiro atoms. The molecule has 0 bridgehead atoms. The van der Waals surface area contributed by atoms with Crippen LogP contribution in [0.2, 0.25) is 0 Å². The first kappa shape index (κ1) is 55.3. The summed E-state index contributed by atoms with van der Waals surface area (Å²) in [5.41, 5.74) is 0. The van der Waals surface area contributed by atoms with Crippen LogP contribution in [0.25, 0.3) is 0 Å². The van der Waals surface area contributed by atoms with E-state index >= 15 is 0 Å². The number of quaternary nitrogens is 1. The SMILES string of the molecule is CC/C=C/C/C=C/C/C=C/CCCCCCCCCCCCCCCC(=O)OCC(COCCC(C(=O)[O-])[N+](C)(C)C)OC(=O)CCCCCCC/C=C/CCCC. The van der Waals surface area contributed by atoms with E-state index in [4.69, 9.17) is 14.2 Å². The number of aliphatic carboxylic acids is 1. The topological polar surface area (TPSA) is 102 Å². The lowest BCUT2D eigenvalue weighted by Crippen LogP contribution is -2.55. The van der Waals surface area contributed by atoms with Crippen LogP contribution in [-0.2, 0) is 28.6 Å². The third kappa shape index (κ3) is 38.8. The zero-order valence-electron chi connectivity index (χ0n) is 38.2. The molecule has 0 saturated carbocycles. The highest BCUT2D eigenvalue weighted by Crippen LogP contribution is 2.15. The number of carbonyl (C=O) groups excluding carboxylic acids is 3. The third-order valence-corrected chi connectivity index (χ3v) is 10.4. The molecule has 0 rings (SSSR count). The van der Waals surface area contributed by atoms with Crippen LogP contribution in [0.4, 0.5) is 0 Å². The molecule has 0 N–H and O–H groups in total. The van der Waals surface area contributed by atoms with Gasteiger partial charge in [-0.1, -0.05) is 165 Å². The Morgan fingerprint density at radius 1 is 0.534 bits per heavy atom. The molecule has 2 unspecified atom stereocenters. The summed E-state index contributed by atoms with van der Waals surface area (Å²) >= 11 is 0. The highest BCUT2D eigenvalue weighted by atomic mass is 16.6. The van der Waals surface area contributed by atoms with Crippen LogP contribution >= 0.6 is 0 Å². The molecule has 0 aliphatic heterocycles. The zero-order chi connectivity index (χ0) is 42.8. The second-order valence-electron chi connectivity index (χ2n) is 17.0. The van der Waals surface area contributed by atoms with Crippen molar-refractivity contribution in [1.29, 1.82) is 0 Å². The maximum atomic E-state index is 12.7. The lowest BCUT2D eigenvalue weighted by molar-refractivity contribution is -0.889. The summed E-state index contributed by atoms with van der Waals surface area (Å²) in [7, 11) is 5.40. The molecule has 0 amide bonds. The van der Waals surface area contributed by atoms with Gasteiger partial charge in [0.15, 0.2) is 6.10 Å². The predicted molar refractivity (Wildman–Crippen MR) is 240 cm³/mol. The molecule has 0 fully saturated rings. The number of unbranched alkanes of at least 4 members (excludes halogenated alkanes) is 20. The maximum absolute atomic E-state index is 12.7. The largest absolute Gasteiger partial charge is 0.544 e. The Hall–Kier alpha value is -2.71. The van der Waals surface area contributed by atoms with Crippen LogP contribution in [-0.4, -0.2) is 75.5 Å². The number of likely N-dealkylation sites (N-methyl/N-ethyl adjacent to an activating group) is 1. The van der Waals surface area contributed by atoms with Crippen molar-refractivity contribution in [2.45, 2.75) is 212 Å². The van der Waals surface area contributed by atoms with Crippen LogP contribution in [0.3, 0.4) is 0 Å². The first-order valence-electron chi connectivity index (χ1n) is 23.7. The summed E-state index contributed by atoms with van der Waals surface area (Å²) < 4.78 is 17.2. The molecule has 0 aromatic rings. The second-order valence-corrected chi connectivity index (χ2v) is 17.0. The van der Waals surface area contributed by atoms with Crippen LogP contribution in [0.15, 0.2) is 48.6 Å². The van der Waals surface area contributed by atoms with Crippen molar-refractivity contribution in [3.05, 3.63) is 48.6 Å². The highest BCUT2D eigenvalue weighted by Gasteiger charge is 2.25. The van der Waals surface area contributed by atoms with Crippen molar-refractivity contribution >= 4 is 17.9 Å². The maximum Gasteiger partial charge on any atom is 0.306 e. The number of nitrogens with zero attached hydrogens (tertiary/aromatic N) is 1.